The van der Waals surface area contributed by atoms with E-state index in [4.69, 9.17) is 20.9 Å². The van der Waals surface area contributed by atoms with Gasteiger partial charge < -0.3 is 14.2 Å². The molecular weight excluding hydrogens is 444 g/mol. The number of carbonyl (C=O) groups is 1. The molecular formula is C23H21ClN6O3. The van der Waals surface area contributed by atoms with E-state index in [1.165, 1.54) is 0 Å². The number of hydrogen-bond acceptors (Lipinski definition) is 7. The van der Waals surface area contributed by atoms with Crippen molar-refractivity contribution >= 4 is 40.7 Å². The number of hydrogen-bond donors (Lipinski definition) is 0. The molecule has 1 fully saturated rings. The fraction of sp³-hybridized carbons (Fsp3) is 0.261. The van der Waals surface area contributed by atoms with E-state index < -0.39 is 0 Å². The van der Waals surface area contributed by atoms with Gasteiger partial charge in [0.05, 0.1) is 25.3 Å². The van der Waals surface area contributed by atoms with Crippen LogP contribution < -0.4 is 0 Å². The SMILES string of the molecule is O=C(CCn1nnc2cc(-c3noc(/C=C/c4ccccc4Cl)n3)ccc21)N1CCOCC1. The predicted molar refractivity (Wildman–Crippen MR) is 123 cm³/mol. The Labute approximate surface area is 194 Å². The normalized spacial score (nSPS) is 14.4. The Morgan fingerprint density at radius 2 is 1.97 bits per heavy atom. The monoisotopic (exact) mass is 464 g/mol. The van der Waals surface area contributed by atoms with Crippen LogP contribution in [0.15, 0.2) is 47.0 Å². The smallest absolute Gasteiger partial charge is 0.250 e. The van der Waals surface area contributed by atoms with Gasteiger partial charge in [0.15, 0.2) is 0 Å². The van der Waals surface area contributed by atoms with Crippen molar-refractivity contribution in [3.8, 4) is 11.4 Å². The van der Waals surface area contributed by atoms with Crippen molar-refractivity contribution in [1.29, 1.82) is 0 Å². The van der Waals surface area contributed by atoms with Gasteiger partial charge in [-0.05, 0) is 35.9 Å². The van der Waals surface area contributed by atoms with Crippen molar-refractivity contribution in [2.75, 3.05) is 26.3 Å². The molecule has 0 radical (unpaired) electrons. The Kier molecular flexibility index (Phi) is 6.14. The number of amides is 1. The number of fused-ring (bicyclic) bond motifs is 1. The van der Waals surface area contributed by atoms with Crippen LogP contribution in [0.2, 0.25) is 5.02 Å². The van der Waals surface area contributed by atoms with Crippen molar-refractivity contribution < 1.29 is 14.1 Å². The van der Waals surface area contributed by atoms with Crippen LogP contribution in [0, 0.1) is 0 Å². The number of morpholine rings is 1. The molecule has 2 aromatic carbocycles. The van der Waals surface area contributed by atoms with Gasteiger partial charge in [-0.2, -0.15) is 4.98 Å². The highest BCUT2D eigenvalue weighted by Crippen LogP contribution is 2.23. The lowest BCUT2D eigenvalue weighted by Gasteiger charge is -2.26. The Morgan fingerprint density at radius 1 is 1.12 bits per heavy atom. The van der Waals surface area contributed by atoms with E-state index in [-0.39, 0.29) is 5.91 Å². The van der Waals surface area contributed by atoms with Gasteiger partial charge in [0, 0.05) is 36.2 Å². The molecule has 0 saturated carbocycles. The minimum Gasteiger partial charge on any atom is -0.378 e. The highest BCUT2D eigenvalue weighted by atomic mass is 35.5. The van der Waals surface area contributed by atoms with E-state index in [0.29, 0.717) is 61.5 Å². The lowest BCUT2D eigenvalue weighted by molar-refractivity contribution is -0.135. The van der Waals surface area contributed by atoms with E-state index in [0.717, 1.165) is 16.6 Å². The topological polar surface area (TPSA) is 99.2 Å². The number of ether oxygens (including phenoxy) is 1. The minimum atomic E-state index is 0.0998. The van der Waals surface area contributed by atoms with Gasteiger partial charge in [-0.25, -0.2) is 4.68 Å². The third-order valence-corrected chi connectivity index (χ3v) is 5.77. The van der Waals surface area contributed by atoms with Crippen molar-refractivity contribution in [3.63, 3.8) is 0 Å². The molecule has 0 bridgehead atoms. The molecule has 168 valence electrons. The maximum Gasteiger partial charge on any atom is 0.250 e. The van der Waals surface area contributed by atoms with E-state index in [9.17, 15) is 4.79 Å². The summed E-state index contributed by atoms with van der Waals surface area (Å²) in [5, 5.41) is 13.2. The van der Waals surface area contributed by atoms with Gasteiger partial charge in [0.2, 0.25) is 11.7 Å². The molecule has 1 saturated heterocycles. The first kappa shape index (κ1) is 21.3. The maximum absolute atomic E-state index is 12.4. The number of halogens is 1. The lowest BCUT2D eigenvalue weighted by atomic mass is 10.2. The van der Waals surface area contributed by atoms with Gasteiger partial charge >= 0.3 is 0 Å². The molecule has 2 aromatic heterocycles. The van der Waals surface area contributed by atoms with Crippen LogP contribution in [0.5, 0.6) is 0 Å². The van der Waals surface area contributed by atoms with Crippen LogP contribution in [0.4, 0.5) is 0 Å². The van der Waals surface area contributed by atoms with Crippen molar-refractivity contribution in [2.45, 2.75) is 13.0 Å². The summed E-state index contributed by atoms with van der Waals surface area (Å²) >= 11 is 6.17. The molecule has 0 aliphatic carbocycles. The Hall–Kier alpha value is -3.56. The van der Waals surface area contributed by atoms with Gasteiger partial charge in [-0.3, -0.25) is 4.79 Å². The number of benzene rings is 2. The second-order valence-electron chi connectivity index (χ2n) is 7.57. The fourth-order valence-electron chi connectivity index (χ4n) is 3.64. The molecule has 3 heterocycles. The fourth-order valence-corrected chi connectivity index (χ4v) is 3.84. The van der Waals surface area contributed by atoms with Crippen LogP contribution in [0.1, 0.15) is 17.9 Å². The van der Waals surface area contributed by atoms with E-state index in [2.05, 4.69) is 20.5 Å². The Bertz CT molecular complexity index is 1310. The van der Waals surface area contributed by atoms with Gasteiger partial charge in [-0.15, -0.1) is 5.10 Å². The van der Waals surface area contributed by atoms with E-state index in [1.807, 2.05) is 53.4 Å². The molecule has 1 aliphatic heterocycles. The molecule has 1 amide bonds. The summed E-state index contributed by atoms with van der Waals surface area (Å²) in [6.07, 6.45) is 3.91. The molecule has 4 aromatic rings. The van der Waals surface area contributed by atoms with Crippen LogP contribution in [-0.2, 0) is 16.1 Å². The van der Waals surface area contributed by atoms with Crippen LogP contribution >= 0.6 is 11.6 Å². The standard InChI is InChI=1S/C23H21ClN6O3/c24-18-4-2-1-3-16(18)6-8-21-25-23(27-33-21)17-5-7-20-19(15-17)26-28-30(20)10-9-22(31)29-11-13-32-14-12-29/h1-8,15H,9-14H2/b8-6+. The van der Waals surface area contributed by atoms with Gasteiger partial charge in [-0.1, -0.05) is 40.2 Å². The number of rotatable bonds is 6. The highest BCUT2D eigenvalue weighted by Gasteiger charge is 2.17. The third kappa shape index (κ3) is 4.79. The molecule has 0 atom stereocenters. The van der Waals surface area contributed by atoms with Crippen LogP contribution in [0.3, 0.4) is 0 Å². The Balaban J connectivity index is 1.28. The number of nitrogens with zero attached hydrogens (tertiary/aromatic N) is 6. The second kappa shape index (κ2) is 9.51. The molecule has 1 aliphatic rings. The first-order valence-electron chi connectivity index (χ1n) is 10.6. The first-order valence-corrected chi connectivity index (χ1v) is 11.0. The number of aryl methyl sites for hydroxylation is 1. The average Bonchev–Trinajstić information content (AvgIpc) is 3.49. The molecule has 0 N–H and O–H groups in total. The maximum atomic E-state index is 12.4. The second-order valence-corrected chi connectivity index (χ2v) is 7.98. The number of carbonyl (C=O) groups excluding carboxylic acids is 1. The number of aromatic nitrogens is 5. The zero-order valence-corrected chi connectivity index (χ0v) is 18.5. The largest absolute Gasteiger partial charge is 0.378 e. The lowest BCUT2D eigenvalue weighted by Crippen LogP contribution is -2.41. The van der Waals surface area contributed by atoms with E-state index in [1.54, 1.807) is 10.8 Å². The molecule has 33 heavy (non-hydrogen) atoms. The third-order valence-electron chi connectivity index (χ3n) is 5.43. The summed E-state index contributed by atoms with van der Waals surface area (Å²) in [5.41, 5.74) is 3.17. The zero-order valence-electron chi connectivity index (χ0n) is 17.7. The molecule has 9 nitrogen and oxygen atoms in total. The quantitative estimate of drug-likeness (QED) is 0.430. The summed E-state index contributed by atoms with van der Waals surface area (Å²) in [5.74, 6) is 0.922. The molecule has 10 heteroatoms. The Morgan fingerprint density at radius 3 is 2.82 bits per heavy atom. The van der Waals surface area contributed by atoms with Crippen LogP contribution in [-0.4, -0.2) is 62.2 Å². The minimum absolute atomic E-state index is 0.0998. The van der Waals surface area contributed by atoms with Crippen molar-refractivity contribution in [1.82, 2.24) is 30.0 Å². The molecule has 0 spiro atoms. The van der Waals surface area contributed by atoms with Gasteiger partial charge in [0.25, 0.3) is 5.89 Å². The summed E-state index contributed by atoms with van der Waals surface area (Å²) in [4.78, 5) is 18.7. The first-order chi connectivity index (χ1) is 16.2. The zero-order chi connectivity index (χ0) is 22.6. The summed E-state index contributed by atoms with van der Waals surface area (Å²) in [7, 11) is 0. The highest BCUT2D eigenvalue weighted by molar-refractivity contribution is 6.32. The molecule has 0 unspecified atom stereocenters. The van der Waals surface area contributed by atoms with Crippen molar-refractivity contribution in [2.24, 2.45) is 0 Å². The predicted octanol–water partition coefficient (Wildman–Crippen LogP) is 3.55. The molecule has 5 rings (SSSR count). The van der Waals surface area contributed by atoms with E-state index >= 15 is 0 Å². The summed E-state index contributed by atoms with van der Waals surface area (Å²) < 4.78 is 12.4. The average molecular weight is 465 g/mol. The van der Waals surface area contributed by atoms with Gasteiger partial charge in [0.1, 0.15) is 5.52 Å². The van der Waals surface area contributed by atoms with Crippen LogP contribution in [0.25, 0.3) is 34.6 Å². The summed E-state index contributed by atoms with van der Waals surface area (Å²) in [6, 6.07) is 13.2. The van der Waals surface area contributed by atoms with Crippen molar-refractivity contribution in [3.05, 3.63) is 58.9 Å². The summed E-state index contributed by atoms with van der Waals surface area (Å²) in [6.45, 7) is 2.93.